The second-order valence-electron chi connectivity index (χ2n) is 5.19. The molecule has 0 radical (unpaired) electrons. The van der Waals surface area contributed by atoms with E-state index in [1.165, 1.54) is 0 Å². The van der Waals surface area contributed by atoms with Crippen LogP contribution in [0.4, 0.5) is 0 Å². The van der Waals surface area contributed by atoms with Crippen molar-refractivity contribution >= 4 is 11.5 Å². The first kappa shape index (κ1) is 15.3. The Labute approximate surface area is 135 Å². The molecule has 0 aliphatic carbocycles. The van der Waals surface area contributed by atoms with Gasteiger partial charge in [0, 0.05) is 13.3 Å². The van der Waals surface area contributed by atoms with Crippen LogP contribution in [0.1, 0.15) is 34.6 Å². The van der Waals surface area contributed by atoms with Crippen LogP contribution in [0.2, 0.25) is 0 Å². The second-order valence-corrected chi connectivity index (χ2v) is 5.19. The maximum Gasteiger partial charge on any atom is 0.340 e. The Hall–Kier alpha value is -2.59. The van der Waals surface area contributed by atoms with E-state index < -0.39 is 0 Å². The highest BCUT2D eigenvalue weighted by atomic mass is 16.5. The summed E-state index contributed by atoms with van der Waals surface area (Å²) in [7, 11) is 1.67. The minimum Gasteiger partial charge on any atom is -0.462 e. The van der Waals surface area contributed by atoms with Gasteiger partial charge in [0.1, 0.15) is 6.10 Å². The van der Waals surface area contributed by atoms with Crippen LogP contribution in [0.3, 0.4) is 0 Å². The highest BCUT2D eigenvalue weighted by Gasteiger charge is 2.22. The number of fused-ring (bicyclic) bond motifs is 1. The lowest BCUT2D eigenvalue weighted by atomic mass is 10.1. The molecule has 1 aromatic carbocycles. The molecular weight excluding hydrogens is 290 g/mol. The van der Waals surface area contributed by atoms with E-state index in [1.807, 2.05) is 65.2 Å². The molecule has 0 saturated heterocycles. The van der Waals surface area contributed by atoms with Crippen molar-refractivity contribution in [1.29, 1.82) is 0 Å². The molecule has 0 N–H and O–H groups in total. The van der Waals surface area contributed by atoms with Crippen molar-refractivity contribution < 1.29 is 14.3 Å². The second kappa shape index (κ2) is 6.67. The van der Waals surface area contributed by atoms with Crippen LogP contribution < -0.4 is 0 Å². The maximum atomic E-state index is 12.2. The van der Waals surface area contributed by atoms with Crippen molar-refractivity contribution in [3.63, 3.8) is 0 Å². The van der Waals surface area contributed by atoms with E-state index in [0.29, 0.717) is 12.2 Å². The number of aromatic nitrogens is 1. The number of ether oxygens (including phenoxy) is 2. The molecule has 0 bridgehead atoms. The maximum absolute atomic E-state index is 12.2. The molecule has 0 amide bonds. The van der Waals surface area contributed by atoms with Crippen LogP contribution in [-0.4, -0.2) is 24.1 Å². The zero-order valence-electron chi connectivity index (χ0n) is 13.2. The minimum absolute atomic E-state index is 0.255. The van der Waals surface area contributed by atoms with Gasteiger partial charge in [0.25, 0.3) is 0 Å². The van der Waals surface area contributed by atoms with Gasteiger partial charge >= 0.3 is 5.97 Å². The zero-order valence-corrected chi connectivity index (χ0v) is 13.2. The number of methoxy groups -OCH3 is 1. The number of benzene rings is 1. The standard InChI is InChI=1S/C19H19NO3/c1-3-23-19(21)15-13-17(20-12-8-7-11-16(15)20)18(22-2)14-9-5-4-6-10-14/h4-13,18H,3H2,1-2H3. The van der Waals surface area contributed by atoms with Crippen molar-refractivity contribution in [3.05, 3.63) is 77.6 Å². The third kappa shape index (κ3) is 2.85. The Morgan fingerprint density at radius 1 is 1.13 bits per heavy atom. The minimum atomic E-state index is -0.314. The first-order valence-corrected chi connectivity index (χ1v) is 7.61. The predicted molar refractivity (Wildman–Crippen MR) is 88.6 cm³/mol. The lowest BCUT2D eigenvalue weighted by Crippen LogP contribution is -2.06. The number of pyridine rings is 1. The first-order valence-electron chi connectivity index (χ1n) is 7.61. The van der Waals surface area contributed by atoms with Crippen molar-refractivity contribution in [3.8, 4) is 0 Å². The summed E-state index contributed by atoms with van der Waals surface area (Å²) >= 11 is 0. The van der Waals surface area contributed by atoms with Gasteiger partial charge in [-0.15, -0.1) is 0 Å². The van der Waals surface area contributed by atoms with E-state index in [2.05, 4.69) is 0 Å². The molecule has 0 saturated carbocycles. The molecule has 2 aromatic heterocycles. The smallest absolute Gasteiger partial charge is 0.340 e. The van der Waals surface area contributed by atoms with Crippen LogP contribution in [-0.2, 0) is 9.47 Å². The summed E-state index contributed by atoms with van der Waals surface area (Å²) in [6.45, 7) is 2.16. The zero-order chi connectivity index (χ0) is 16.2. The van der Waals surface area contributed by atoms with Crippen LogP contribution in [0.5, 0.6) is 0 Å². The summed E-state index contributed by atoms with van der Waals surface area (Å²) in [6, 6.07) is 17.6. The normalized spacial score (nSPS) is 12.3. The van der Waals surface area contributed by atoms with Gasteiger partial charge in [-0.05, 0) is 30.7 Å². The van der Waals surface area contributed by atoms with Gasteiger partial charge in [0.15, 0.2) is 0 Å². The van der Waals surface area contributed by atoms with Crippen molar-refractivity contribution in [2.24, 2.45) is 0 Å². The first-order chi connectivity index (χ1) is 11.3. The molecular formula is C19H19NO3. The summed E-state index contributed by atoms with van der Waals surface area (Å²) < 4.78 is 12.9. The van der Waals surface area contributed by atoms with Gasteiger partial charge in [0.05, 0.1) is 23.4 Å². The lowest BCUT2D eigenvalue weighted by Gasteiger charge is -2.16. The van der Waals surface area contributed by atoms with Gasteiger partial charge in [-0.2, -0.15) is 0 Å². The summed E-state index contributed by atoms with van der Waals surface area (Å²) in [5, 5.41) is 0. The quantitative estimate of drug-likeness (QED) is 0.672. The van der Waals surface area contributed by atoms with E-state index in [9.17, 15) is 4.79 Å². The SMILES string of the molecule is CCOC(=O)c1cc(C(OC)c2ccccc2)n2ccccc12. The fourth-order valence-corrected chi connectivity index (χ4v) is 2.81. The molecule has 0 aliphatic rings. The van der Waals surface area contributed by atoms with E-state index in [1.54, 1.807) is 14.0 Å². The van der Waals surface area contributed by atoms with Gasteiger partial charge < -0.3 is 13.9 Å². The van der Waals surface area contributed by atoms with E-state index >= 15 is 0 Å². The molecule has 0 spiro atoms. The number of hydrogen-bond acceptors (Lipinski definition) is 3. The molecule has 3 rings (SSSR count). The Balaban J connectivity index is 2.15. The van der Waals surface area contributed by atoms with Gasteiger partial charge in [-0.25, -0.2) is 4.79 Å². The molecule has 1 unspecified atom stereocenters. The summed E-state index contributed by atoms with van der Waals surface area (Å²) in [6.07, 6.45) is 1.68. The molecule has 4 heteroatoms. The average molecular weight is 309 g/mol. The van der Waals surface area contributed by atoms with Gasteiger partial charge in [-0.3, -0.25) is 0 Å². The average Bonchev–Trinajstić information content (AvgIpc) is 2.97. The molecule has 2 heterocycles. The molecule has 118 valence electrons. The van der Waals surface area contributed by atoms with E-state index in [-0.39, 0.29) is 12.1 Å². The molecule has 0 fully saturated rings. The number of carbonyl (C=O) groups excluding carboxylic acids is 1. The number of nitrogens with zero attached hydrogens (tertiary/aromatic N) is 1. The number of rotatable bonds is 5. The number of hydrogen-bond donors (Lipinski definition) is 0. The van der Waals surface area contributed by atoms with Crippen molar-refractivity contribution in [1.82, 2.24) is 4.40 Å². The molecule has 23 heavy (non-hydrogen) atoms. The van der Waals surface area contributed by atoms with Crippen LogP contribution >= 0.6 is 0 Å². The van der Waals surface area contributed by atoms with Crippen molar-refractivity contribution in [2.75, 3.05) is 13.7 Å². The largest absolute Gasteiger partial charge is 0.462 e. The monoisotopic (exact) mass is 309 g/mol. The fourth-order valence-electron chi connectivity index (χ4n) is 2.81. The van der Waals surface area contributed by atoms with Crippen LogP contribution in [0.25, 0.3) is 5.52 Å². The molecule has 3 aromatic rings. The van der Waals surface area contributed by atoms with Crippen LogP contribution in [0, 0.1) is 0 Å². The van der Waals surface area contributed by atoms with Crippen LogP contribution in [0.15, 0.2) is 60.8 Å². The highest BCUT2D eigenvalue weighted by molar-refractivity contribution is 5.97. The Kier molecular flexibility index (Phi) is 4.44. The third-order valence-electron chi connectivity index (χ3n) is 3.81. The summed E-state index contributed by atoms with van der Waals surface area (Å²) in [5.41, 5.74) is 3.31. The highest BCUT2D eigenvalue weighted by Crippen LogP contribution is 2.29. The van der Waals surface area contributed by atoms with Gasteiger partial charge in [0.2, 0.25) is 0 Å². The third-order valence-corrected chi connectivity index (χ3v) is 3.81. The number of esters is 1. The Bertz CT molecular complexity index is 808. The lowest BCUT2D eigenvalue weighted by molar-refractivity contribution is 0.0528. The number of carbonyl (C=O) groups is 1. The summed E-state index contributed by atoms with van der Waals surface area (Å²) in [4.78, 5) is 12.2. The Morgan fingerprint density at radius 2 is 1.87 bits per heavy atom. The fraction of sp³-hybridized carbons (Fsp3) is 0.211. The topological polar surface area (TPSA) is 39.9 Å². The van der Waals surface area contributed by atoms with E-state index in [0.717, 1.165) is 16.8 Å². The Morgan fingerprint density at radius 3 is 2.57 bits per heavy atom. The van der Waals surface area contributed by atoms with E-state index in [4.69, 9.17) is 9.47 Å². The predicted octanol–water partition coefficient (Wildman–Crippen LogP) is 3.85. The molecule has 4 nitrogen and oxygen atoms in total. The summed E-state index contributed by atoms with van der Waals surface area (Å²) in [5.74, 6) is -0.314. The van der Waals surface area contributed by atoms with Gasteiger partial charge in [-0.1, -0.05) is 36.4 Å². The van der Waals surface area contributed by atoms with Crippen molar-refractivity contribution in [2.45, 2.75) is 13.0 Å². The molecule has 1 atom stereocenters. The molecule has 0 aliphatic heterocycles.